The predicted molar refractivity (Wildman–Crippen MR) is 58.0 cm³/mol. The lowest BCUT2D eigenvalue weighted by atomic mass is 10.4. The van der Waals surface area contributed by atoms with Crippen LogP contribution in [0.5, 0.6) is 0 Å². The Bertz CT molecular complexity index is 470. The Balaban J connectivity index is 1.92. The second-order valence-electron chi connectivity index (χ2n) is 3.80. The molecule has 2 aromatic heterocycles. The number of fused-ring (bicyclic) bond motifs is 1. The van der Waals surface area contributed by atoms with E-state index in [9.17, 15) is 0 Å². The third-order valence-electron chi connectivity index (χ3n) is 2.53. The lowest BCUT2D eigenvalue weighted by Crippen LogP contribution is -2.11. The van der Waals surface area contributed by atoms with Gasteiger partial charge in [0.15, 0.2) is 5.82 Å². The minimum Gasteiger partial charge on any atom is -0.311 e. The van der Waals surface area contributed by atoms with E-state index in [1.807, 2.05) is 4.52 Å². The molecular formula is C9H13N5S. The summed E-state index contributed by atoms with van der Waals surface area (Å²) < 4.78 is 1.91. The molecule has 6 heteroatoms. The van der Waals surface area contributed by atoms with Crippen molar-refractivity contribution in [2.24, 2.45) is 0 Å². The van der Waals surface area contributed by atoms with Crippen LogP contribution in [-0.2, 0) is 6.54 Å². The molecule has 0 amide bonds. The maximum absolute atomic E-state index is 4.52. The van der Waals surface area contributed by atoms with Crippen LogP contribution < -0.4 is 5.32 Å². The van der Waals surface area contributed by atoms with E-state index in [1.54, 1.807) is 11.3 Å². The van der Waals surface area contributed by atoms with Gasteiger partial charge in [0.2, 0.25) is 4.96 Å². The summed E-state index contributed by atoms with van der Waals surface area (Å²) in [4.78, 5) is 0.921. The van der Waals surface area contributed by atoms with Crippen LogP contribution in [-0.4, -0.2) is 26.4 Å². The largest absolute Gasteiger partial charge is 0.311 e. The van der Waals surface area contributed by atoms with Crippen molar-refractivity contribution in [3.8, 4) is 0 Å². The fourth-order valence-corrected chi connectivity index (χ4v) is 2.38. The molecule has 1 aliphatic carbocycles. The minimum absolute atomic E-state index is 0.606. The summed E-state index contributed by atoms with van der Waals surface area (Å²) in [5.74, 6) is 1.65. The Kier molecular flexibility index (Phi) is 2.17. The zero-order chi connectivity index (χ0) is 10.3. The fourth-order valence-electron chi connectivity index (χ4n) is 1.57. The average Bonchev–Trinajstić information content (AvgIpc) is 2.88. The highest BCUT2D eigenvalue weighted by Gasteiger charge is 2.29. The monoisotopic (exact) mass is 223 g/mol. The minimum atomic E-state index is 0.606. The molecule has 0 spiro atoms. The second kappa shape index (κ2) is 3.53. The summed E-state index contributed by atoms with van der Waals surface area (Å²) in [6.45, 7) is 3.89. The Hall–Kier alpha value is -1.01. The van der Waals surface area contributed by atoms with Crippen molar-refractivity contribution in [2.75, 3.05) is 6.54 Å². The van der Waals surface area contributed by atoms with Gasteiger partial charge in [-0.25, -0.2) is 0 Å². The average molecular weight is 223 g/mol. The lowest BCUT2D eigenvalue weighted by molar-refractivity contribution is 0.701. The summed E-state index contributed by atoms with van der Waals surface area (Å²) >= 11 is 1.62. The molecule has 1 saturated carbocycles. The summed E-state index contributed by atoms with van der Waals surface area (Å²) in [7, 11) is 0. The smallest absolute Gasteiger partial charge is 0.234 e. The molecule has 0 bridgehead atoms. The number of nitrogens with one attached hydrogen (secondary N) is 1. The first kappa shape index (κ1) is 9.23. The van der Waals surface area contributed by atoms with Gasteiger partial charge >= 0.3 is 0 Å². The lowest BCUT2D eigenvalue weighted by Gasteiger charge is -1.94. The Morgan fingerprint density at radius 1 is 1.47 bits per heavy atom. The van der Waals surface area contributed by atoms with Crippen molar-refractivity contribution in [1.82, 2.24) is 25.1 Å². The molecule has 0 aromatic carbocycles. The Labute approximate surface area is 91.5 Å². The molecule has 0 saturated heterocycles. The van der Waals surface area contributed by atoms with Crippen LogP contribution in [0, 0.1) is 0 Å². The van der Waals surface area contributed by atoms with E-state index in [4.69, 9.17) is 0 Å². The van der Waals surface area contributed by atoms with Crippen LogP contribution in [0.15, 0.2) is 0 Å². The SMILES string of the molecule is CCNCc1nn2c(C3CC3)nnc2s1. The van der Waals surface area contributed by atoms with Crippen molar-refractivity contribution >= 4 is 16.3 Å². The summed E-state index contributed by atoms with van der Waals surface area (Å²) in [6.07, 6.45) is 2.47. The zero-order valence-corrected chi connectivity index (χ0v) is 9.42. The van der Waals surface area contributed by atoms with E-state index in [-0.39, 0.29) is 0 Å². The van der Waals surface area contributed by atoms with Crippen molar-refractivity contribution in [1.29, 1.82) is 0 Å². The predicted octanol–water partition coefficient (Wildman–Crippen LogP) is 1.17. The van der Waals surface area contributed by atoms with Crippen LogP contribution in [0.1, 0.15) is 36.5 Å². The zero-order valence-electron chi connectivity index (χ0n) is 8.60. The molecule has 3 rings (SSSR count). The van der Waals surface area contributed by atoms with Gasteiger partial charge in [-0.3, -0.25) is 0 Å². The Morgan fingerprint density at radius 2 is 2.33 bits per heavy atom. The van der Waals surface area contributed by atoms with E-state index < -0.39 is 0 Å². The topological polar surface area (TPSA) is 55.1 Å². The molecule has 0 aliphatic heterocycles. The highest BCUT2D eigenvalue weighted by atomic mass is 32.1. The molecule has 5 nitrogen and oxygen atoms in total. The van der Waals surface area contributed by atoms with E-state index >= 15 is 0 Å². The van der Waals surface area contributed by atoms with E-state index in [0.717, 1.165) is 28.9 Å². The van der Waals surface area contributed by atoms with Crippen molar-refractivity contribution in [2.45, 2.75) is 32.2 Å². The summed E-state index contributed by atoms with van der Waals surface area (Å²) in [6, 6.07) is 0. The molecule has 15 heavy (non-hydrogen) atoms. The third kappa shape index (κ3) is 1.63. The molecule has 1 fully saturated rings. The van der Waals surface area contributed by atoms with E-state index in [2.05, 4.69) is 27.5 Å². The quantitative estimate of drug-likeness (QED) is 0.845. The fraction of sp³-hybridized carbons (Fsp3) is 0.667. The number of hydrogen-bond donors (Lipinski definition) is 1. The van der Waals surface area contributed by atoms with Crippen LogP contribution in [0.25, 0.3) is 4.96 Å². The van der Waals surface area contributed by atoms with Crippen LogP contribution in [0.2, 0.25) is 0 Å². The summed E-state index contributed by atoms with van der Waals surface area (Å²) in [5.41, 5.74) is 0. The molecular weight excluding hydrogens is 210 g/mol. The molecule has 0 unspecified atom stereocenters. The first-order valence-electron chi connectivity index (χ1n) is 5.30. The van der Waals surface area contributed by atoms with Gasteiger partial charge in [0.05, 0.1) is 0 Å². The number of rotatable bonds is 4. The third-order valence-corrected chi connectivity index (χ3v) is 3.42. The highest BCUT2D eigenvalue weighted by Crippen LogP contribution is 2.39. The van der Waals surface area contributed by atoms with E-state index in [0.29, 0.717) is 5.92 Å². The normalized spacial score (nSPS) is 16.3. The van der Waals surface area contributed by atoms with Crippen molar-refractivity contribution in [3.05, 3.63) is 10.8 Å². The highest BCUT2D eigenvalue weighted by molar-refractivity contribution is 7.16. The van der Waals surface area contributed by atoms with Gasteiger partial charge in [-0.1, -0.05) is 18.3 Å². The van der Waals surface area contributed by atoms with Crippen molar-refractivity contribution < 1.29 is 0 Å². The first-order valence-corrected chi connectivity index (χ1v) is 6.12. The number of aromatic nitrogens is 4. The molecule has 2 heterocycles. The maximum atomic E-state index is 4.52. The number of nitrogens with zero attached hydrogens (tertiary/aromatic N) is 4. The molecule has 80 valence electrons. The van der Waals surface area contributed by atoms with Crippen LogP contribution >= 0.6 is 11.3 Å². The molecule has 0 radical (unpaired) electrons. The van der Waals surface area contributed by atoms with Gasteiger partial charge in [-0.05, 0) is 19.4 Å². The van der Waals surface area contributed by atoms with Crippen LogP contribution in [0.3, 0.4) is 0 Å². The molecule has 1 aliphatic rings. The number of hydrogen-bond acceptors (Lipinski definition) is 5. The standard InChI is InChI=1S/C9H13N5S/c1-2-10-5-7-13-14-8(6-3-4-6)11-12-9(14)15-7/h6,10H,2-5H2,1H3. The van der Waals surface area contributed by atoms with Crippen LogP contribution in [0.4, 0.5) is 0 Å². The van der Waals surface area contributed by atoms with Gasteiger partial charge in [-0.2, -0.15) is 9.61 Å². The van der Waals surface area contributed by atoms with Crippen molar-refractivity contribution in [3.63, 3.8) is 0 Å². The van der Waals surface area contributed by atoms with Gasteiger partial charge in [0, 0.05) is 12.5 Å². The van der Waals surface area contributed by atoms with E-state index in [1.165, 1.54) is 12.8 Å². The van der Waals surface area contributed by atoms with Gasteiger partial charge in [0.25, 0.3) is 0 Å². The molecule has 1 N–H and O–H groups in total. The van der Waals surface area contributed by atoms with Gasteiger partial charge in [0.1, 0.15) is 5.01 Å². The van der Waals surface area contributed by atoms with Gasteiger partial charge in [-0.15, -0.1) is 10.2 Å². The Morgan fingerprint density at radius 3 is 3.07 bits per heavy atom. The summed E-state index contributed by atoms with van der Waals surface area (Å²) in [5, 5.41) is 17.2. The first-order chi connectivity index (χ1) is 7.38. The molecule has 2 aromatic rings. The van der Waals surface area contributed by atoms with Gasteiger partial charge < -0.3 is 5.32 Å². The molecule has 0 atom stereocenters. The maximum Gasteiger partial charge on any atom is 0.234 e. The second-order valence-corrected chi connectivity index (χ2v) is 4.84.